The summed E-state index contributed by atoms with van der Waals surface area (Å²) in [6, 6.07) is 10.8. The minimum absolute atomic E-state index is 0.211. The van der Waals surface area contributed by atoms with E-state index in [4.69, 9.17) is 4.42 Å². The molecule has 21 heavy (non-hydrogen) atoms. The Bertz CT molecular complexity index is 780. The Morgan fingerprint density at radius 3 is 2.62 bits per heavy atom. The van der Waals surface area contributed by atoms with Gasteiger partial charge in [-0.25, -0.2) is 8.78 Å². The first-order chi connectivity index (χ1) is 10.1. The zero-order valence-corrected chi connectivity index (χ0v) is 12.7. The Morgan fingerprint density at radius 1 is 1.14 bits per heavy atom. The van der Waals surface area contributed by atoms with Gasteiger partial charge in [0.25, 0.3) is 0 Å². The summed E-state index contributed by atoms with van der Waals surface area (Å²) in [6.07, 6.45) is 0. The number of hydrogen-bond acceptors (Lipinski definition) is 2. The highest BCUT2D eigenvalue weighted by Gasteiger charge is 2.19. The largest absolute Gasteiger partial charge is 0.456 e. The average Bonchev–Trinajstić information content (AvgIpc) is 2.83. The quantitative estimate of drug-likeness (QED) is 0.734. The van der Waals surface area contributed by atoms with E-state index in [1.165, 1.54) is 18.2 Å². The van der Waals surface area contributed by atoms with Crippen LogP contribution in [-0.4, -0.2) is 7.05 Å². The van der Waals surface area contributed by atoms with Crippen LogP contribution < -0.4 is 5.32 Å². The molecule has 3 aromatic rings. The van der Waals surface area contributed by atoms with Gasteiger partial charge in [-0.1, -0.05) is 28.1 Å². The summed E-state index contributed by atoms with van der Waals surface area (Å²) in [5.74, 6) is -0.217. The maximum absolute atomic E-state index is 13.7. The highest BCUT2D eigenvalue weighted by Crippen LogP contribution is 2.30. The SMILES string of the molecule is CNC(c1cc(F)cc(Br)c1)c1cc2cccc(F)c2o1. The van der Waals surface area contributed by atoms with E-state index in [0.29, 0.717) is 21.2 Å². The molecule has 3 rings (SSSR count). The number of nitrogens with one attached hydrogen (secondary N) is 1. The van der Waals surface area contributed by atoms with Crippen LogP contribution >= 0.6 is 15.9 Å². The molecule has 1 atom stereocenters. The Morgan fingerprint density at radius 2 is 1.95 bits per heavy atom. The Kier molecular flexibility index (Phi) is 3.78. The normalized spacial score (nSPS) is 12.8. The molecule has 0 amide bonds. The highest BCUT2D eigenvalue weighted by atomic mass is 79.9. The Balaban J connectivity index is 2.11. The lowest BCUT2D eigenvalue weighted by molar-refractivity contribution is 0.475. The van der Waals surface area contributed by atoms with E-state index in [1.807, 2.05) is 0 Å². The van der Waals surface area contributed by atoms with Crippen LogP contribution in [0, 0.1) is 11.6 Å². The van der Waals surface area contributed by atoms with Crippen molar-refractivity contribution in [1.82, 2.24) is 5.32 Å². The van der Waals surface area contributed by atoms with Crippen molar-refractivity contribution in [2.75, 3.05) is 7.05 Å². The first-order valence-electron chi connectivity index (χ1n) is 6.39. The van der Waals surface area contributed by atoms with E-state index < -0.39 is 5.82 Å². The maximum Gasteiger partial charge on any atom is 0.169 e. The van der Waals surface area contributed by atoms with Crippen molar-refractivity contribution < 1.29 is 13.2 Å². The first-order valence-corrected chi connectivity index (χ1v) is 7.19. The van der Waals surface area contributed by atoms with E-state index in [-0.39, 0.29) is 17.4 Å². The minimum atomic E-state index is -0.408. The summed E-state index contributed by atoms with van der Waals surface area (Å²) in [5, 5.41) is 3.75. The minimum Gasteiger partial charge on any atom is -0.456 e. The molecule has 0 radical (unpaired) electrons. The van der Waals surface area contributed by atoms with E-state index in [0.717, 1.165) is 0 Å². The van der Waals surface area contributed by atoms with Gasteiger partial charge in [-0.3, -0.25) is 0 Å². The average molecular weight is 352 g/mol. The lowest BCUT2D eigenvalue weighted by Crippen LogP contribution is -2.17. The zero-order chi connectivity index (χ0) is 15.0. The van der Waals surface area contributed by atoms with E-state index in [1.54, 1.807) is 31.3 Å². The standard InChI is InChI=1S/C16H12BrF2NO/c1-20-15(10-5-11(17)8-12(18)6-10)14-7-9-3-2-4-13(19)16(9)21-14/h2-8,15,20H,1H3. The Labute approximate surface area is 128 Å². The van der Waals surface area contributed by atoms with E-state index >= 15 is 0 Å². The van der Waals surface area contributed by atoms with Crippen LogP contribution in [0.3, 0.4) is 0 Å². The molecule has 5 heteroatoms. The van der Waals surface area contributed by atoms with Crippen LogP contribution in [0.4, 0.5) is 8.78 Å². The van der Waals surface area contributed by atoms with Crippen LogP contribution in [-0.2, 0) is 0 Å². The zero-order valence-electron chi connectivity index (χ0n) is 11.2. The van der Waals surface area contributed by atoms with Gasteiger partial charge in [0.1, 0.15) is 11.6 Å². The molecule has 0 aliphatic carbocycles. The number of halogens is 3. The number of benzene rings is 2. The molecular formula is C16H12BrF2NO. The molecular weight excluding hydrogens is 340 g/mol. The van der Waals surface area contributed by atoms with Gasteiger partial charge >= 0.3 is 0 Å². The summed E-state index contributed by atoms with van der Waals surface area (Å²) in [5.41, 5.74) is 0.909. The van der Waals surface area contributed by atoms with Crippen molar-refractivity contribution in [3.05, 3.63) is 69.9 Å². The van der Waals surface area contributed by atoms with Crippen LogP contribution in [0.5, 0.6) is 0 Å². The Hall–Kier alpha value is -1.72. The molecule has 1 aromatic heterocycles. The lowest BCUT2D eigenvalue weighted by Gasteiger charge is -2.14. The fourth-order valence-corrected chi connectivity index (χ4v) is 2.89. The number of rotatable bonds is 3. The molecule has 1 unspecified atom stereocenters. The second-order valence-corrected chi connectivity index (χ2v) is 5.65. The van der Waals surface area contributed by atoms with Crippen molar-refractivity contribution in [2.24, 2.45) is 0 Å². The van der Waals surface area contributed by atoms with Gasteiger partial charge in [0.15, 0.2) is 11.4 Å². The molecule has 0 spiro atoms. The summed E-state index contributed by atoms with van der Waals surface area (Å²) in [7, 11) is 1.74. The van der Waals surface area contributed by atoms with Crippen molar-refractivity contribution in [3.8, 4) is 0 Å². The van der Waals surface area contributed by atoms with Gasteiger partial charge in [0.2, 0.25) is 0 Å². The van der Waals surface area contributed by atoms with Gasteiger partial charge in [0, 0.05) is 9.86 Å². The second kappa shape index (κ2) is 5.58. The second-order valence-electron chi connectivity index (χ2n) is 4.73. The van der Waals surface area contributed by atoms with Gasteiger partial charge in [-0.2, -0.15) is 0 Å². The molecule has 108 valence electrons. The summed E-state index contributed by atoms with van der Waals surface area (Å²) < 4.78 is 33.5. The molecule has 0 fully saturated rings. The third-order valence-corrected chi connectivity index (χ3v) is 3.76. The summed E-state index contributed by atoms with van der Waals surface area (Å²) in [6.45, 7) is 0. The van der Waals surface area contributed by atoms with Gasteiger partial charge in [-0.05, 0) is 42.9 Å². The third-order valence-electron chi connectivity index (χ3n) is 3.31. The van der Waals surface area contributed by atoms with Crippen molar-refractivity contribution in [3.63, 3.8) is 0 Å². The maximum atomic E-state index is 13.7. The molecule has 0 aliphatic heterocycles. The number of para-hydroxylation sites is 1. The van der Waals surface area contributed by atoms with Crippen LogP contribution in [0.1, 0.15) is 17.4 Å². The lowest BCUT2D eigenvalue weighted by atomic mass is 10.0. The molecule has 1 N–H and O–H groups in total. The van der Waals surface area contributed by atoms with Crippen molar-refractivity contribution in [2.45, 2.75) is 6.04 Å². The molecule has 0 aliphatic rings. The first kappa shape index (κ1) is 14.2. The predicted molar refractivity (Wildman–Crippen MR) is 81.2 cm³/mol. The predicted octanol–water partition coefficient (Wildman–Crippen LogP) is 4.78. The van der Waals surface area contributed by atoms with E-state index in [2.05, 4.69) is 21.2 Å². The number of furan rings is 1. The smallest absolute Gasteiger partial charge is 0.169 e. The van der Waals surface area contributed by atoms with E-state index in [9.17, 15) is 8.78 Å². The van der Waals surface area contributed by atoms with Gasteiger partial charge in [0.05, 0.1) is 6.04 Å². The highest BCUT2D eigenvalue weighted by molar-refractivity contribution is 9.10. The molecule has 1 heterocycles. The summed E-state index contributed by atoms with van der Waals surface area (Å²) >= 11 is 3.27. The fourth-order valence-electron chi connectivity index (χ4n) is 2.40. The molecule has 0 saturated carbocycles. The van der Waals surface area contributed by atoms with Crippen molar-refractivity contribution >= 4 is 26.9 Å². The molecule has 0 saturated heterocycles. The molecule has 0 bridgehead atoms. The summed E-state index contributed by atoms with van der Waals surface area (Å²) in [4.78, 5) is 0. The number of fused-ring (bicyclic) bond motifs is 1. The van der Waals surface area contributed by atoms with Crippen LogP contribution in [0.2, 0.25) is 0 Å². The van der Waals surface area contributed by atoms with Crippen molar-refractivity contribution in [1.29, 1.82) is 0 Å². The third kappa shape index (κ3) is 2.71. The van der Waals surface area contributed by atoms with Gasteiger partial charge < -0.3 is 9.73 Å². The molecule has 2 nitrogen and oxygen atoms in total. The monoisotopic (exact) mass is 351 g/mol. The topological polar surface area (TPSA) is 25.2 Å². The number of hydrogen-bond donors (Lipinski definition) is 1. The fraction of sp³-hybridized carbons (Fsp3) is 0.125. The van der Waals surface area contributed by atoms with Crippen LogP contribution in [0.25, 0.3) is 11.0 Å². The van der Waals surface area contributed by atoms with Gasteiger partial charge in [-0.15, -0.1) is 0 Å². The van der Waals surface area contributed by atoms with Crippen LogP contribution in [0.15, 0.2) is 51.4 Å². The molecule has 2 aromatic carbocycles.